The average Bonchev–Trinajstić information content (AvgIpc) is 2.97. The molecule has 0 saturated heterocycles. The van der Waals surface area contributed by atoms with Gasteiger partial charge in [-0.15, -0.1) is 0 Å². The number of nitrogens with zero attached hydrogens (tertiary/aromatic N) is 1. The molecular formula is C18H25N3O4. The summed E-state index contributed by atoms with van der Waals surface area (Å²) in [6.07, 6.45) is 1.38. The molecule has 0 spiro atoms. The molecule has 1 aromatic carbocycles. The van der Waals surface area contributed by atoms with Crippen molar-refractivity contribution in [1.82, 2.24) is 15.2 Å². The number of ether oxygens (including phenoxy) is 1. The molecule has 0 saturated carbocycles. The topological polar surface area (TPSA) is 94.7 Å². The highest BCUT2D eigenvalue weighted by atomic mass is 16.5. The van der Waals surface area contributed by atoms with E-state index in [0.29, 0.717) is 25.3 Å². The van der Waals surface area contributed by atoms with E-state index in [1.165, 1.54) is 0 Å². The van der Waals surface area contributed by atoms with E-state index < -0.39 is 6.09 Å². The molecular weight excluding hydrogens is 322 g/mol. The molecule has 0 aliphatic rings. The summed E-state index contributed by atoms with van der Waals surface area (Å²) in [5.41, 5.74) is 1.81. The van der Waals surface area contributed by atoms with E-state index in [4.69, 9.17) is 9.84 Å². The molecule has 0 unspecified atom stereocenters. The lowest BCUT2D eigenvalue weighted by molar-refractivity contribution is -0.132. The summed E-state index contributed by atoms with van der Waals surface area (Å²) in [6.45, 7) is 6.99. The highest BCUT2D eigenvalue weighted by molar-refractivity contribution is 5.89. The van der Waals surface area contributed by atoms with Gasteiger partial charge in [0.05, 0.1) is 5.52 Å². The molecule has 25 heavy (non-hydrogen) atoms. The van der Waals surface area contributed by atoms with Gasteiger partial charge >= 0.3 is 6.09 Å². The van der Waals surface area contributed by atoms with Crippen LogP contribution < -0.4 is 10.1 Å². The summed E-state index contributed by atoms with van der Waals surface area (Å²) in [5, 5.41) is 12.2. The fourth-order valence-corrected chi connectivity index (χ4v) is 2.87. The first kappa shape index (κ1) is 18.6. The molecule has 7 heteroatoms. The third-order valence-corrected chi connectivity index (χ3v) is 4.13. The number of nitrogens with one attached hydrogen (secondary N) is 2. The first-order valence-corrected chi connectivity index (χ1v) is 8.45. The van der Waals surface area contributed by atoms with E-state index in [9.17, 15) is 9.59 Å². The molecule has 1 heterocycles. The summed E-state index contributed by atoms with van der Waals surface area (Å²) in [5.74, 6) is 0.566. The molecule has 1 aromatic heterocycles. The van der Waals surface area contributed by atoms with E-state index in [2.05, 4.69) is 10.3 Å². The Balaban J connectivity index is 2.12. The number of amides is 2. The summed E-state index contributed by atoms with van der Waals surface area (Å²) in [4.78, 5) is 27.7. The number of aromatic amines is 1. The van der Waals surface area contributed by atoms with E-state index >= 15 is 0 Å². The number of carbonyl (C=O) groups excluding carboxylic acids is 1. The SMILES string of the molecule is CCN(CC)C(=O)COc1cccc2c(C[C@@H](C)NC(=O)O)c[nH]c12. The summed E-state index contributed by atoms with van der Waals surface area (Å²) < 4.78 is 5.72. The van der Waals surface area contributed by atoms with Crippen molar-refractivity contribution in [2.45, 2.75) is 33.2 Å². The number of H-pyrrole nitrogens is 1. The van der Waals surface area contributed by atoms with Gasteiger partial charge in [0.2, 0.25) is 0 Å². The van der Waals surface area contributed by atoms with Crippen molar-refractivity contribution in [3.05, 3.63) is 30.0 Å². The molecule has 0 fully saturated rings. The first-order chi connectivity index (χ1) is 12.0. The zero-order chi connectivity index (χ0) is 18.4. The van der Waals surface area contributed by atoms with Gasteiger partial charge in [0.25, 0.3) is 5.91 Å². The Morgan fingerprint density at radius 1 is 1.32 bits per heavy atom. The number of rotatable bonds is 8. The number of hydrogen-bond donors (Lipinski definition) is 3. The summed E-state index contributed by atoms with van der Waals surface area (Å²) in [6, 6.07) is 5.43. The van der Waals surface area contributed by atoms with E-state index in [0.717, 1.165) is 16.5 Å². The Morgan fingerprint density at radius 2 is 2.04 bits per heavy atom. The lowest BCUT2D eigenvalue weighted by atomic mass is 10.1. The molecule has 2 aromatic rings. The van der Waals surface area contributed by atoms with Crippen molar-refractivity contribution in [3.63, 3.8) is 0 Å². The summed E-state index contributed by atoms with van der Waals surface area (Å²) in [7, 11) is 0. The van der Waals surface area contributed by atoms with Crippen molar-refractivity contribution >= 4 is 22.9 Å². The van der Waals surface area contributed by atoms with Crippen LogP contribution >= 0.6 is 0 Å². The second kappa shape index (κ2) is 8.41. The second-order valence-corrected chi connectivity index (χ2v) is 5.90. The van der Waals surface area contributed by atoms with Gasteiger partial charge in [0, 0.05) is 30.7 Å². The summed E-state index contributed by atoms with van der Waals surface area (Å²) >= 11 is 0. The van der Waals surface area contributed by atoms with Crippen LogP contribution in [0.15, 0.2) is 24.4 Å². The smallest absolute Gasteiger partial charge is 0.404 e. The van der Waals surface area contributed by atoms with Gasteiger partial charge in [0.1, 0.15) is 5.75 Å². The van der Waals surface area contributed by atoms with Crippen LogP contribution in [-0.4, -0.2) is 52.7 Å². The van der Waals surface area contributed by atoms with E-state index in [1.54, 1.807) is 4.90 Å². The van der Waals surface area contributed by atoms with Crippen LogP contribution in [-0.2, 0) is 11.2 Å². The molecule has 0 aliphatic carbocycles. The number of para-hydroxylation sites is 1. The molecule has 0 bridgehead atoms. The second-order valence-electron chi connectivity index (χ2n) is 5.90. The standard InChI is InChI=1S/C18H25N3O4/c1-4-21(5-2)16(22)11-25-15-8-6-7-14-13(10-19-17(14)15)9-12(3)20-18(23)24/h6-8,10,12,19-20H,4-5,9,11H2,1-3H3,(H,23,24)/t12-/m1/s1. The molecule has 2 amide bonds. The Hall–Kier alpha value is -2.70. The monoisotopic (exact) mass is 347 g/mol. The van der Waals surface area contributed by atoms with Gasteiger partial charge < -0.3 is 25.0 Å². The minimum atomic E-state index is -1.04. The van der Waals surface area contributed by atoms with Gasteiger partial charge in [-0.25, -0.2) is 4.79 Å². The van der Waals surface area contributed by atoms with E-state index in [1.807, 2.05) is 45.2 Å². The Kier molecular flexibility index (Phi) is 6.27. The minimum absolute atomic E-state index is 0.00782. The average molecular weight is 347 g/mol. The molecule has 7 nitrogen and oxygen atoms in total. The molecule has 1 atom stereocenters. The van der Waals surface area contributed by atoms with Crippen LogP contribution in [0.1, 0.15) is 26.3 Å². The lowest BCUT2D eigenvalue weighted by Gasteiger charge is -2.18. The normalized spacial score (nSPS) is 12.0. The highest BCUT2D eigenvalue weighted by Crippen LogP contribution is 2.28. The van der Waals surface area contributed by atoms with Crippen molar-refractivity contribution in [2.75, 3.05) is 19.7 Å². The largest absolute Gasteiger partial charge is 0.482 e. The molecule has 0 aliphatic heterocycles. The number of aromatic nitrogens is 1. The molecule has 0 radical (unpaired) electrons. The van der Waals surface area contributed by atoms with Gasteiger partial charge in [-0.1, -0.05) is 12.1 Å². The Labute approximate surface area is 147 Å². The molecule has 3 N–H and O–H groups in total. The zero-order valence-electron chi connectivity index (χ0n) is 14.8. The third kappa shape index (κ3) is 4.65. The fraction of sp³-hybridized carbons (Fsp3) is 0.444. The van der Waals surface area contributed by atoms with Crippen LogP contribution in [0, 0.1) is 0 Å². The predicted molar refractivity (Wildman–Crippen MR) is 96.0 cm³/mol. The predicted octanol–water partition coefficient (Wildman–Crippen LogP) is 2.61. The number of benzene rings is 1. The maximum absolute atomic E-state index is 12.1. The third-order valence-electron chi connectivity index (χ3n) is 4.13. The van der Waals surface area contributed by atoms with Crippen LogP contribution in [0.25, 0.3) is 10.9 Å². The van der Waals surface area contributed by atoms with Gasteiger partial charge in [-0.05, 0) is 38.8 Å². The van der Waals surface area contributed by atoms with Gasteiger partial charge in [-0.2, -0.15) is 0 Å². The Bertz CT molecular complexity index is 737. The molecule has 2 rings (SSSR count). The fourth-order valence-electron chi connectivity index (χ4n) is 2.87. The highest BCUT2D eigenvalue weighted by Gasteiger charge is 2.14. The number of hydrogen-bond acceptors (Lipinski definition) is 3. The van der Waals surface area contributed by atoms with Crippen molar-refractivity contribution in [3.8, 4) is 5.75 Å². The Morgan fingerprint density at radius 3 is 2.68 bits per heavy atom. The maximum atomic E-state index is 12.1. The van der Waals surface area contributed by atoms with E-state index in [-0.39, 0.29) is 18.6 Å². The zero-order valence-corrected chi connectivity index (χ0v) is 14.8. The maximum Gasteiger partial charge on any atom is 0.404 e. The number of carboxylic acid groups (broad SMARTS) is 1. The quantitative estimate of drug-likeness (QED) is 0.684. The van der Waals surface area contributed by atoms with Crippen LogP contribution in [0.3, 0.4) is 0 Å². The number of carbonyl (C=O) groups is 2. The van der Waals surface area contributed by atoms with Crippen LogP contribution in [0.5, 0.6) is 5.75 Å². The number of fused-ring (bicyclic) bond motifs is 1. The van der Waals surface area contributed by atoms with Crippen molar-refractivity contribution in [2.24, 2.45) is 0 Å². The van der Waals surface area contributed by atoms with Gasteiger partial charge in [0.15, 0.2) is 6.61 Å². The van der Waals surface area contributed by atoms with Crippen molar-refractivity contribution in [1.29, 1.82) is 0 Å². The molecule has 136 valence electrons. The van der Waals surface area contributed by atoms with Crippen LogP contribution in [0.2, 0.25) is 0 Å². The van der Waals surface area contributed by atoms with Gasteiger partial charge in [-0.3, -0.25) is 4.79 Å². The number of likely N-dealkylation sites (N-methyl/N-ethyl adjacent to an activating group) is 1. The minimum Gasteiger partial charge on any atom is -0.482 e. The first-order valence-electron chi connectivity index (χ1n) is 8.45. The van der Waals surface area contributed by atoms with Crippen molar-refractivity contribution < 1.29 is 19.4 Å². The van der Waals surface area contributed by atoms with Crippen LogP contribution in [0.4, 0.5) is 4.79 Å². The lowest BCUT2D eigenvalue weighted by Crippen LogP contribution is -2.34.